The van der Waals surface area contributed by atoms with Crippen molar-refractivity contribution in [2.24, 2.45) is 5.73 Å². The number of piperidine rings is 1. The molecule has 1 amide bonds. The van der Waals surface area contributed by atoms with Gasteiger partial charge in [-0.1, -0.05) is 0 Å². The summed E-state index contributed by atoms with van der Waals surface area (Å²) in [5.41, 5.74) is 5.88. The summed E-state index contributed by atoms with van der Waals surface area (Å²) in [5.74, 6) is 0. The molecule has 1 saturated heterocycles. The molecule has 0 spiro atoms. The van der Waals surface area contributed by atoms with Crippen molar-refractivity contribution < 1.29 is 19.4 Å². The topological polar surface area (TPSA) is 85.0 Å². The summed E-state index contributed by atoms with van der Waals surface area (Å²) >= 11 is 0. The Morgan fingerprint density at radius 2 is 1.55 bits per heavy atom. The minimum Gasteiger partial charge on any atom is -0.465 e. The van der Waals surface area contributed by atoms with Gasteiger partial charge in [0, 0.05) is 18.1 Å². The molecular weight excluding hydrogens is 284 g/mol. The fourth-order valence-electron chi connectivity index (χ4n) is 3.72. The molecule has 2 fully saturated rings. The van der Waals surface area contributed by atoms with Crippen LogP contribution in [0.3, 0.4) is 0 Å². The number of nitrogens with two attached hydrogens (primary N) is 1. The Balaban J connectivity index is 1.62. The van der Waals surface area contributed by atoms with Gasteiger partial charge in [0.1, 0.15) is 0 Å². The quantitative estimate of drug-likeness (QED) is 0.760. The Labute approximate surface area is 132 Å². The third-order valence-electron chi connectivity index (χ3n) is 4.89. The molecule has 0 aromatic rings. The van der Waals surface area contributed by atoms with Gasteiger partial charge in [-0.25, -0.2) is 4.79 Å². The highest BCUT2D eigenvalue weighted by Gasteiger charge is 2.34. The average molecular weight is 314 g/mol. The van der Waals surface area contributed by atoms with Gasteiger partial charge in [0.05, 0.1) is 25.4 Å². The lowest BCUT2D eigenvalue weighted by atomic mass is 9.94. The van der Waals surface area contributed by atoms with Crippen LogP contribution in [0.5, 0.6) is 0 Å². The number of nitrogens with zero attached hydrogens (tertiary/aromatic N) is 1. The van der Waals surface area contributed by atoms with Crippen LogP contribution < -0.4 is 5.73 Å². The molecule has 128 valence electrons. The molecule has 3 N–H and O–H groups in total. The van der Waals surface area contributed by atoms with Gasteiger partial charge in [0.25, 0.3) is 0 Å². The second-order valence-electron chi connectivity index (χ2n) is 6.76. The summed E-state index contributed by atoms with van der Waals surface area (Å²) < 4.78 is 11.7. The molecular formula is C16H30N2O4. The van der Waals surface area contributed by atoms with Crippen LogP contribution in [0.4, 0.5) is 4.79 Å². The van der Waals surface area contributed by atoms with Gasteiger partial charge in [0.15, 0.2) is 0 Å². The number of hydrogen-bond donors (Lipinski definition) is 2. The summed E-state index contributed by atoms with van der Waals surface area (Å²) in [5, 5.41) is 9.20. The molecule has 2 unspecified atom stereocenters. The van der Waals surface area contributed by atoms with E-state index in [4.69, 9.17) is 15.2 Å². The number of hydrogen-bond acceptors (Lipinski definition) is 4. The summed E-state index contributed by atoms with van der Waals surface area (Å²) in [6.45, 7) is 5.09. The molecule has 0 radical (unpaired) electrons. The normalized spacial score (nSPS) is 36.3. The average Bonchev–Trinajstić information content (AvgIpc) is 2.44. The first-order valence-electron chi connectivity index (χ1n) is 8.47. The zero-order chi connectivity index (χ0) is 16.1. The van der Waals surface area contributed by atoms with E-state index >= 15 is 0 Å². The summed E-state index contributed by atoms with van der Waals surface area (Å²) in [7, 11) is 0. The van der Waals surface area contributed by atoms with Gasteiger partial charge >= 0.3 is 6.09 Å². The number of carboxylic acid groups (broad SMARTS) is 1. The van der Waals surface area contributed by atoms with Crippen LogP contribution in [0.15, 0.2) is 0 Å². The van der Waals surface area contributed by atoms with Crippen molar-refractivity contribution in [3.8, 4) is 0 Å². The van der Waals surface area contributed by atoms with Crippen molar-refractivity contribution in [3.63, 3.8) is 0 Å². The molecule has 1 aliphatic carbocycles. The third kappa shape index (κ3) is 4.83. The first-order valence-corrected chi connectivity index (χ1v) is 8.47. The smallest absolute Gasteiger partial charge is 0.407 e. The Bertz CT molecular complexity index is 346. The SMILES string of the molecule is CC1CC(OCCOC2CCC(N)CC2)CC(C)N1C(=O)O. The lowest BCUT2D eigenvalue weighted by molar-refractivity contribution is -0.0619. The Morgan fingerprint density at radius 1 is 1.05 bits per heavy atom. The molecule has 1 heterocycles. The summed E-state index contributed by atoms with van der Waals surface area (Å²) in [4.78, 5) is 12.7. The second kappa shape index (κ2) is 8.13. The lowest BCUT2D eigenvalue weighted by Crippen LogP contribution is -2.51. The molecule has 6 heteroatoms. The van der Waals surface area contributed by atoms with Crippen LogP contribution in [0.25, 0.3) is 0 Å². The van der Waals surface area contributed by atoms with Crippen LogP contribution in [-0.2, 0) is 9.47 Å². The van der Waals surface area contributed by atoms with Gasteiger partial charge in [-0.05, 0) is 52.4 Å². The Morgan fingerprint density at radius 3 is 2.05 bits per heavy atom. The van der Waals surface area contributed by atoms with Gasteiger partial charge in [-0.3, -0.25) is 0 Å². The van der Waals surface area contributed by atoms with Gasteiger partial charge in [-0.15, -0.1) is 0 Å². The maximum absolute atomic E-state index is 11.2. The highest BCUT2D eigenvalue weighted by atomic mass is 16.5. The van der Waals surface area contributed by atoms with Gasteiger partial charge < -0.3 is 25.2 Å². The number of likely N-dealkylation sites (tertiary alicyclic amines) is 1. The van der Waals surface area contributed by atoms with Crippen molar-refractivity contribution >= 4 is 6.09 Å². The number of ether oxygens (including phenoxy) is 2. The molecule has 2 aliphatic rings. The molecule has 2 atom stereocenters. The first kappa shape index (κ1) is 17.5. The van der Waals surface area contributed by atoms with Gasteiger partial charge in [-0.2, -0.15) is 0 Å². The largest absolute Gasteiger partial charge is 0.465 e. The molecule has 0 aromatic carbocycles. The minimum absolute atomic E-state index is 0.00648. The summed E-state index contributed by atoms with van der Waals surface area (Å²) in [6.07, 6.45) is 5.33. The van der Waals surface area contributed by atoms with E-state index in [0.29, 0.717) is 25.4 Å². The van der Waals surface area contributed by atoms with Gasteiger partial charge in [0.2, 0.25) is 0 Å². The molecule has 22 heavy (non-hydrogen) atoms. The molecule has 6 nitrogen and oxygen atoms in total. The fourth-order valence-corrected chi connectivity index (χ4v) is 3.72. The zero-order valence-electron chi connectivity index (χ0n) is 13.7. The first-order chi connectivity index (χ1) is 10.5. The minimum atomic E-state index is -0.836. The van der Waals surface area contributed by atoms with Crippen molar-refractivity contribution in [3.05, 3.63) is 0 Å². The highest BCUT2D eigenvalue weighted by Crippen LogP contribution is 2.25. The van der Waals surface area contributed by atoms with E-state index in [1.807, 2.05) is 13.8 Å². The highest BCUT2D eigenvalue weighted by molar-refractivity contribution is 5.66. The Hall–Kier alpha value is -0.850. The Kier molecular flexibility index (Phi) is 6.47. The van der Waals surface area contributed by atoms with Crippen molar-refractivity contribution in [1.82, 2.24) is 4.90 Å². The van der Waals surface area contributed by atoms with Crippen LogP contribution in [0.2, 0.25) is 0 Å². The van der Waals surface area contributed by atoms with E-state index in [-0.39, 0.29) is 18.2 Å². The van der Waals surface area contributed by atoms with Crippen molar-refractivity contribution in [1.29, 1.82) is 0 Å². The second-order valence-corrected chi connectivity index (χ2v) is 6.76. The monoisotopic (exact) mass is 314 g/mol. The lowest BCUT2D eigenvalue weighted by Gasteiger charge is -2.40. The number of rotatable bonds is 5. The van der Waals surface area contributed by atoms with E-state index in [9.17, 15) is 9.90 Å². The summed E-state index contributed by atoms with van der Waals surface area (Å²) in [6, 6.07) is 0.359. The molecule has 1 saturated carbocycles. The predicted molar refractivity (Wildman–Crippen MR) is 83.9 cm³/mol. The van der Waals surface area contributed by atoms with E-state index in [2.05, 4.69) is 0 Å². The van der Waals surface area contributed by atoms with E-state index in [1.165, 1.54) is 4.90 Å². The molecule has 0 bridgehead atoms. The third-order valence-corrected chi connectivity index (χ3v) is 4.89. The van der Waals surface area contributed by atoms with E-state index < -0.39 is 6.09 Å². The van der Waals surface area contributed by atoms with Crippen LogP contribution in [0, 0.1) is 0 Å². The number of carbonyl (C=O) groups is 1. The zero-order valence-corrected chi connectivity index (χ0v) is 13.7. The standard InChI is InChI=1S/C16H30N2O4/c1-11-9-15(10-12(2)18(11)16(19)20)22-8-7-21-14-5-3-13(17)4-6-14/h11-15H,3-10,17H2,1-2H3,(H,19,20). The van der Waals surface area contributed by atoms with Crippen molar-refractivity contribution in [2.45, 2.75) is 82.7 Å². The van der Waals surface area contributed by atoms with E-state index in [0.717, 1.165) is 38.5 Å². The molecule has 2 rings (SSSR count). The maximum atomic E-state index is 11.2. The molecule has 1 aliphatic heterocycles. The van der Waals surface area contributed by atoms with Crippen LogP contribution >= 0.6 is 0 Å². The van der Waals surface area contributed by atoms with E-state index in [1.54, 1.807) is 0 Å². The fraction of sp³-hybridized carbons (Fsp3) is 0.938. The van der Waals surface area contributed by atoms with Crippen molar-refractivity contribution in [2.75, 3.05) is 13.2 Å². The maximum Gasteiger partial charge on any atom is 0.407 e. The van der Waals surface area contributed by atoms with Crippen LogP contribution in [0.1, 0.15) is 52.4 Å². The number of amides is 1. The van der Waals surface area contributed by atoms with Crippen LogP contribution in [-0.4, -0.2) is 59.6 Å². The predicted octanol–water partition coefficient (Wildman–Crippen LogP) is 2.21. The molecule has 0 aromatic heterocycles.